The third-order valence-electron chi connectivity index (χ3n) is 14.9. The zero-order valence-electron chi connectivity index (χ0n) is 54.4. The van der Waals surface area contributed by atoms with Gasteiger partial charge >= 0.3 is 17.9 Å². The van der Waals surface area contributed by atoms with Gasteiger partial charge in [-0.2, -0.15) is 0 Å². The second kappa shape index (κ2) is 70.3. The summed E-state index contributed by atoms with van der Waals surface area (Å²) in [5, 5.41) is 0. The van der Waals surface area contributed by atoms with Gasteiger partial charge in [0.25, 0.3) is 0 Å². The van der Waals surface area contributed by atoms with Crippen LogP contribution in [-0.2, 0) is 28.6 Å². The number of esters is 3. The van der Waals surface area contributed by atoms with Gasteiger partial charge in [-0.1, -0.05) is 296 Å². The molecule has 474 valence electrons. The van der Waals surface area contributed by atoms with Gasteiger partial charge in [-0.25, -0.2) is 0 Å². The van der Waals surface area contributed by atoms with Crippen molar-refractivity contribution in [3.8, 4) is 0 Å². The molecule has 0 aliphatic carbocycles. The molecule has 0 aliphatic heterocycles. The molecule has 0 rings (SSSR count). The molecule has 0 aromatic heterocycles. The van der Waals surface area contributed by atoms with Crippen LogP contribution in [0, 0.1) is 0 Å². The Labute approximate surface area is 513 Å². The standard InChI is InChI=1S/C77H130O6/c1-4-7-10-13-16-19-22-25-28-30-32-34-36-37-38-39-41-42-44-46-49-52-55-58-61-64-67-70-76(79)82-73-74(72-81-75(78)69-66-63-60-57-54-51-48-27-24-21-18-15-12-9-6-3)83-77(80)71-68-65-62-59-56-53-50-47-45-43-40-35-33-31-29-26-23-20-17-14-11-8-5-2/h7,10,16,19,23,25-28,31-34,37-38,40-43,48,74H,4-6,8-9,11-15,17-18,20-22,24,29-30,35-36,39,44-47,49-73H2,1-3H3/b10-7-,19-16-,26-23-,28-25-,33-31-,34-32-,38-37-,42-41-,43-40-,48-27-. The Morgan fingerprint density at radius 2 is 0.470 bits per heavy atom. The Morgan fingerprint density at radius 1 is 0.253 bits per heavy atom. The first-order valence-electron chi connectivity index (χ1n) is 35.0. The lowest BCUT2D eigenvalue weighted by Crippen LogP contribution is -2.30. The fourth-order valence-corrected chi connectivity index (χ4v) is 9.68. The summed E-state index contributed by atoms with van der Waals surface area (Å²) < 4.78 is 17.0. The van der Waals surface area contributed by atoms with Crippen molar-refractivity contribution in [2.45, 2.75) is 335 Å². The molecule has 0 spiro atoms. The summed E-state index contributed by atoms with van der Waals surface area (Å²) in [4.78, 5) is 38.5. The third-order valence-corrected chi connectivity index (χ3v) is 14.9. The van der Waals surface area contributed by atoms with Gasteiger partial charge in [0.2, 0.25) is 0 Å². The van der Waals surface area contributed by atoms with Gasteiger partial charge in [0.1, 0.15) is 13.2 Å². The van der Waals surface area contributed by atoms with Gasteiger partial charge in [0, 0.05) is 19.3 Å². The summed E-state index contributed by atoms with van der Waals surface area (Å²) in [5.74, 6) is -0.902. The van der Waals surface area contributed by atoms with Crippen LogP contribution in [0.1, 0.15) is 329 Å². The van der Waals surface area contributed by atoms with E-state index in [1.54, 1.807) is 0 Å². The van der Waals surface area contributed by atoms with E-state index in [-0.39, 0.29) is 31.1 Å². The Morgan fingerprint density at radius 3 is 0.747 bits per heavy atom. The Bertz CT molecular complexity index is 1700. The molecule has 83 heavy (non-hydrogen) atoms. The summed E-state index contributed by atoms with van der Waals surface area (Å²) in [5.41, 5.74) is 0. The smallest absolute Gasteiger partial charge is 0.306 e. The molecule has 0 aromatic carbocycles. The molecule has 1 unspecified atom stereocenters. The average Bonchev–Trinajstić information content (AvgIpc) is 3.49. The van der Waals surface area contributed by atoms with E-state index >= 15 is 0 Å². The summed E-state index contributed by atoms with van der Waals surface area (Å²) in [6.45, 7) is 6.52. The molecule has 0 heterocycles. The van der Waals surface area contributed by atoms with Crippen molar-refractivity contribution in [2.24, 2.45) is 0 Å². The van der Waals surface area contributed by atoms with Crippen LogP contribution in [0.4, 0.5) is 0 Å². The van der Waals surface area contributed by atoms with Crippen molar-refractivity contribution in [2.75, 3.05) is 13.2 Å². The second-order valence-electron chi connectivity index (χ2n) is 23.1. The number of unbranched alkanes of at least 4 members (excludes halogenated alkanes) is 32. The summed E-state index contributed by atoms with van der Waals surface area (Å²) >= 11 is 0. The fourth-order valence-electron chi connectivity index (χ4n) is 9.68. The zero-order chi connectivity index (χ0) is 59.9. The molecular weight excluding hydrogens is 1020 g/mol. The second-order valence-corrected chi connectivity index (χ2v) is 23.1. The first kappa shape index (κ1) is 78.8. The Hall–Kier alpha value is -4.19. The van der Waals surface area contributed by atoms with Gasteiger partial charge in [-0.3, -0.25) is 14.4 Å². The van der Waals surface area contributed by atoms with Crippen molar-refractivity contribution >= 4 is 17.9 Å². The summed E-state index contributed by atoms with van der Waals surface area (Å²) in [6.07, 6.45) is 97.8. The van der Waals surface area contributed by atoms with Crippen LogP contribution in [0.15, 0.2) is 122 Å². The van der Waals surface area contributed by atoms with Crippen LogP contribution in [0.2, 0.25) is 0 Å². The van der Waals surface area contributed by atoms with E-state index in [0.29, 0.717) is 19.3 Å². The lowest BCUT2D eigenvalue weighted by Gasteiger charge is -2.18. The van der Waals surface area contributed by atoms with Crippen molar-refractivity contribution in [1.82, 2.24) is 0 Å². The lowest BCUT2D eigenvalue weighted by atomic mass is 10.1. The van der Waals surface area contributed by atoms with E-state index in [1.807, 2.05) is 0 Å². The SMILES string of the molecule is CC/C=C\C/C=C\C/C=C\C/C=C\C/C=C\C/C=C\CCCCCCCCCCC(=O)OCC(COC(=O)CCCCCCC/C=C\CCCCCCCC)OC(=O)CCCCCCCCCC/C=C\C/C=C\C/C=C\CCCCCCC. The number of rotatable bonds is 63. The highest BCUT2D eigenvalue weighted by Crippen LogP contribution is 2.16. The molecule has 0 bridgehead atoms. The van der Waals surface area contributed by atoms with Crippen LogP contribution in [0.5, 0.6) is 0 Å². The maximum Gasteiger partial charge on any atom is 0.306 e. The molecular formula is C77H130O6. The van der Waals surface area contributed by atoms with E-state index in [1.165, 1.54) is 161 Å². The van der Waals surface area contributed by atoms with Crippen molar-refractivity contribution in [3.63, 3.8) is 0 Å². The van der Waals surface area contributed by atoms with E-state index in [2.05, 4.69) is 142 Å². The number of ether oxygens (including phenoxy) is 3. The maximum absolute atomic E-state index is 13.0. The van der Waals surface area contributed by atoms with Crippen molar-refractivity contribution in [3.05, 3.63) is 122 Å². The van der Waals surface area contributed by atoms with Gasteiger partial charge < -0.3 is 14.2 Å². The van der Waals surface area contributed by atoms with E-state index in [9.17, 15) is 14.4 Å². The largest absolute Gasteiger partial charge is 0.462 e. The van der Waals surface area contributed by atoms with Crippen molar-refractivity contribution in [1.29, 1.82) is 0 Å². The average molecular weight is 1150 g/mol. The highest BCUT2D eigenvalue weighted by atomic mass is 16.6. The molecule has 0 aromatic rings. The molecule has 0 aliphatic rings. The van der Waals surface area contributed by atoms with E-state index < -0.39 is 6.10 Å². The molecule has 0 N–H and O–H groups in total. The molecule has 6 nitrogen and oxygen atoms in total. The maximum atomic E-state index is 13.0. The summed E-state index contributed by atoms with van der Waals surface area (Å²) in [6, 6.07) is 0. The van der Waals surface area contributed by atoms with Crippen molar-refractivity contribution < 1.29 is 28.6 Å². The topological polar surface area (TPSA) is 78.9 Å². The van der Waals surface area contributed by atoms with Crippen LogP contribution in [0.25, 0.3) is 0 Å². The number of hydrogen-bond acceptors (Lipinski definition) is 6. The number of carbonyl (C=O) groups excluding carboxylic acids is 3. The van der Waals surface area contributed by atoms with E-state index in [4.69, 9.17) is 14.2 Å². The summed E-state index contributed by atoms with van der Waals surface area (Å²) in [7, 11) is 0. The number of allylic oxidation sites excluding steroid dienone is 20. The predicted octanol–water partition coefficient (Wildman–Crippen LogP) is 24.3. The van der Waals surface area contributed by atoms with Gasteiger partial charge in [0.15, 0.2) is 6.10 Å². The molecule has 1 atom stereocenters. The quantitative estimate of drug-likeness (QED) is 0.0261. The minimum Gasteiger partial charge on any atom is -0.462 e. The zero-order valence-corrected chi connectivity index (χ0v) is 54.4. The predicted molar refractivity (Wildman–Crippen MR) is 362 cm³/mol. The normalized spacial score (nSPS) is 12.9. The van der Waals surface area contributed by atoms with Crippen LogP contribution in [0.3, 0.4) is 0 Å². The minimum atomic E-state index is -0.794. The highest BCUT2D eigenvalue weighted by Gasteiger charge is 2.19. The van der Waals surface area contributed by atoms with Crippen LogP contribution >= 0.6 is 0 Å². The highest BCUT2D eigenvalue weighted by molar-refractivity contribution is 5.71. The minimum absolute atomic E-state index is 0.0889. The molecule has 0 amide bonds. The molecule has 0 fully saturated rings. The first-order chi connectivity index (χ1) is 41.0. The van der Waals surface area contributed by atoms with Crippen LogP contribution < -0.4 is 0 Å². The fraction of sp³-hybridized carbons (Fsp3) is 0.701. The monoisotopic (exact) mass is 1150 g/mol. The molecule has 0 saturated heterocycles. The van der Waals surface area contributed by atoms with Gasteiger partial charge in [-0.05, 0) is 135 Å². The third kappa shape index (κ3) is 68.5. The van der Waals surface area contributed by atoms with Crippen LogP contribution in [-0.4, -0.2) is 37.2 Å². The number of hydrogen-bond donors (Lipinski definition) is 0. The molecule has 0 saturated carbocycles. The van der Waals surface area contributed by atoms with Gasteiger partial charge in [0.05, 0.1) is 0 Å². The Kier molecular flexibility index (Phi) is 66.7. The number of carbonyl (C=O) groups is 3. The molecule has 0 radical (unpaired) electrons. The first-order valence-corrected chi connectivity index (χ1v) is 35.0. The van der Waals surface area contributed by atoms with E-state index in [0.717, 1.165) is 128 Å². The van der Waals surface area contributed by atoms with Gasteiger partial charge in [-0.15, -0.1) is 0 Å². The Balaban J connectivity index is 4.39. The lowest BCUT2D eigenvalue weighted by molar-refractivity contribution is -0.167. The molecule has 6 heteroatoms.